The van der Waals surface area contributed by atoms with Crippen LogP contribution in [0.3, 0.4) is 0 Å². The standard InChI is InChI=1S/C16H20O6/c1-16(2,3)22-14(17)10-21-15(18)11-5-6-12-13(9-11)20-8-4-7-19-12/h5-6,9H,4,7-8,10H2,1-3H3. The monoisotopic (exact) mass is 308 g/mol. The summed E-state index contributed by atoms with van der Waals surface area (Å²) in [5.41, 5.74) is -0.313. The highest BCUT2D eigenvalue weighted by molar-refractivity contribution is 5.91. The van der Waals surface area contributed by atoms with E-state index in [4.69, 9.17) is 18.9 Å². The van der Waals surface area contributed by atoms with E-state index in [1.54, 1.807) is 39.0 Å². The van der Waals surface area contributed by atoms with Gasteiger partial charge in [-0.3, -0.25) is 0 Å². The third kappa shape index (κ3) is 4.65. The Balaban J connectivity index is 1.95. The van der Waals surface area contributed by atoms with Crippen LogP contribution in [0.15, 0.2) is 18.2 Å². The van der Waals surface area contributed by atoms with Crippen molar-refractivity contribution in [3.05, 3.63) is 23.8 Å². The van der Waals surface area contributed by atoms with Gasteiger partial charge in [0.1, 0.15) is 5.60 Å². The van der Waals surface area contributed by atoms with Gasteiger partial charge in [-0.1, -0.05) is 0 Å². The number of esters is 2. The van der Waals surface area contributed by atoms with E-state index in [-0.39, 0.29) is 0 Å². The summed E-state index contributed by atoms with van der Waals surface area (Å²) in [7, 11) is 0. The first kappa shape index (κ1) is 16.1. The van der Waals surface area contributed by atoms with Crippen molar-refractivity contribution < 1.29 is 28.5 Å². The molecule has 0 saturated carbocycles. The molecule has 22 heavy (non-hydrogen) atoms. The van der Waals surface area contributed by atoms with Gasteiger partial charge >= 0.3 is 11.9 Å². The molecule has 1 aromatic rings. The SMILES string of the molecule is CC(C)(C)OC(=O)COC(=O)c1ccc2c(c1)OCCCO2. The fraction of sp³-hybridized carbons (Fsp3) is 0.500. The maximum atomic E-state index is 12.0. The fourth-order valence-electron chi connectivity index (χ4n) is 1.87. The largest absolute Gasteiger partial charge is 0.490 e. The van der Waals surface area contributed by atoms with Gasteiger partial charge in [0.2, 0.25) is 0 Å². The van der Waals surface area contributed by atoms with Gasteiger partial charge in [0.15, 0.2) is 18.1 Å². The van der Waals surface area contributed by atoms with E-state index in [0.717, 1.165) is 6.42 Å². The molecule has 1 aromatic carbocycles. The highest BCUT2D eigenvalue weighted by Gasteiger charge is 2.19. The molecular formula is C16H20O6. The van der Waals surface area contributed by atoms with Gasteiger partial charge in [-0.15, -0.1) is 0 Å². The molecule has 120 valence electrons. The number of carbonyl (C=O) groups excluding carboxylic acids is 2. The second-order valence-electron chi connectivity index (χ2n) is 5.87. The molecule has 6 heteroatoms. The topological polar surface area (TPSA) is 71.1 Å². The van der Waals surface area contributed by atoms with Crippen LogP contribution in [-0.2, 0) is 14.3 Å². The molecule has 1 aliphatic rings. The molecule has 0 aliphatic carbocycles. The van der Waals surface area contributed by atoms with E-state index in [1.807, 2.05) is 0 Å². The molecule has 0 unspecified atom stereocenters. The molecule has 6 nitrogen and oxygen atoms in total. The molecule has 2 rings (SSSR count). The first-order chi connectivity index (χ1) is 10.3. The molecular weight excluding hydrogens is 288 g/mol. The molecule has 0 atom stereocenters. The Morgan fingerprint density at radius 3 is 2.50 bits per heavy atom. The van der Waals surface area contributed by atoms with E-state index in [9.17, 15) is 9.59 Å². The molecule has 0 N–H and O–H groups in total. The zero-order chi connectivity index (χ0) is 16.2. The number of benzene rings is 1. The van der Waals surface area contributed by atoms with Crippen LogP contribution < -0.4 is 9.47 Å². The van der Waals surface area contributed by atoms with Crippen molar-refractivity contribution in [1.82, 2.24) is 0 Å². The smallest absolute Gasteiger partial charge is 0.344 e. The van der Waals surface area contributed by atoms with Crippen molar-refractivity contribution in [1.29, 1.82) is 0 Å². The van der Waals surface area contributed by atoms with Crippen molar-refractivity contribution in [2.75, 3.05) is 19.8 Å². The Hall–Kier alpha value is -2.24. The normalized spacial score (nSPS) is 14.0. The predicted molar refractivity (Wildman–Crippen MR) is 78.2 cm³/mol. The highest BCUT2D eigenvalue weighted by atomic mass is 16.6. The number of carbonyl (C=O) groups is 2. The third-order valence-corrected chi connectivity index (χ3v) is 2.72. The minimum absolute atomic E-state index is 0.299. The average molecular weight is 308 g/mol. The van der Waals surface area contributed by atoms with Crippen molar-refractivity contribution in [2.24, 2.45) is 0 Å². The van der Waals surface area contributed by atoms with Crippen LogP contribution in [0, 0.1) is 0 Å². The molecule has 1 heterocycles. The fourth-order valence-corrected chi connectivity index (χ4v) is 1.87. The average Bonchev–Trinajstić information content (AvgIpc) is 2.67. The van der Waals surface area contributed by atoms with Crippen LogP contribution >= 0.6 is 0 Å². The lowest BCUT2D eigenvalue weighted by molar-refractivity contribution is -0.158. The van der Waals surface area contributed by atoms with E-state index in [1.165, 1.54) is 0 Å². The van der Waals surface area contributed by atoms with Crippen molar-refractivity contribution in [2.45, 2.75) is 32.8 Å². The first-order valence-corrected chi connectivity index (χ1v) is 7.14. The van der Waals surface area contributed by atoms with Gasteiger partial charge in [0.05, 0.1) is 18.8 Å². The van der Waals surface area contributed by atoms with Crippen molar-refractivity contribution in [3.8, 4) is 11.5 Å². The van der Waals surface area contributed by atoms with Crippen molar-refractivity contribution >= 4 is 11.9 Å². The molecule has 0 fully saturated rings. The Labute approximate surface area is 129 Å². The Morgan fingerprint density at radius 1 is 1.14 bits per heavy atom. The van der Waals surface area contributed by atoms with Crippen LogP contribution in [0.4, 0.5) is 0 Å². The van der Waals surface area contributed by atoms with Crippen LogP contribution in [0.2, 0.25) is 0 Å². The van der Waals surface area contributed by atoms with E-state index in [0.29, 0.717) is 30.3 Å². The lowest BCUT2D eigenvalue weighted by Crippen LogP contribution is -2.27. The minimum Gasteiger partial charge on any atom is -0.490 e. The quantitative estimate of drug-likeness (QED) is 0.798. The number of rotatable bonds is 3. The van der Waals surface area contributed by atoms with Crippen LogP contribution in [-0.4, -0.2) is 37.4 Å². The maximum absolute atomic E-state index is 12.0. The molecule has 0 radical (unpaired) electrons. The lowest BCUT2D eigenvalue weighted by Gasteiger charge is -2.19. The second-order valence-corrected chi connectivity index (χ2v) is 5.87. The number of hydrogen-bond donors (Lipinski definition) is 0. The van der Waals surface area contributed by atoms with E-state index in [2.05, 4.69) is 0 Å². The second kappa shape index (κ2) is 6.68. The molecule has 0 saturated heterocycles. The van der Waals surface area contributed by atoms with Gasteiger partial charge in [-0.05, 0) is 39.0 Å². The van der Waals surface area contributed by atoms with Crippen molar-refractivity contribution in [3.63, 3.8) is 0 Å². The summed E-state index contributed by atoms with van der Waals surface area (Å²) >= 11 is 0. The molecule has 0 amide bonds. The van der Waals surface area contributed by atoms with E-state index < -0.39 is 24.1 Å². The summed E-state index contributed by atoms with van der Waals surface area (Å²) in [4.78, 5) is 23.5. The zero-order valence-corrected chi connectivity index (χ0v) is 13.0. The van der Waals surface area contributed by atoms with Gasteiger partial charge in [-0.25, -0.2) is 9.59 Å². The predicted octanol–water partition coefficient (Wildman–Crippen LogP) is 2.35. The lowest BCUT2D eigenvalue weighted by atomic mass is 10.2. The molecule has 1 aliphatic heterocycles. The van der Waals surface area contributed by atoms with Gasteiger partial charge < -0.3 is 18.9 Å². The minimum atomic E-state index is -0.612. The number of hydrogen-bond acceptors (Lipinski definition) is 6. The highest BCUT2D eigenvalue weighted by Crippen LogP contribution is 2.30. The molecule has 0 spiro atoms. The number of ether oxygens (including phenoxy) is 4. The number of fused-ring (bicyclic) bond motifs is 1. The Kier molecular flexibility index (Phi) is 4.90. The molecule has 0 aromatic heterocycles. The summed E-state index contributed by atoms with van der Waals surface area (Å²) in [6.45, 7) is 5.92. The molecule has 0 bridgehead atoms. The summed E-state index contributed by atoms with van der Waals surface area (Å²) in [6, 6.07) is 4.79. The summed E-state index contributed by atoms with van der Waals surface area (Å²) in [5, 5.41) is 0. The zero-order valence-electron chi connectivity index (χ0n) is 13.0. The summed E-state index contributed by atoms with van der Waals surface area (Å²) in [6.07, 6.45) is 0.785. The van der Waals surface area contributed by atoms with Crippen LogP contribution in [0.1, 0.15) is 37.6 Å². The summed E-state index contributed by atoms with van der Waals surface area (Å²) < 4.78 is 21.0. The first-order valence-electron chi connectivity index (χ1n) is 7.14. The van der Waals surface area contributed by atoms with Crippen LogP contribution in [0.5, 0.6) is 11.5 Å². The van der Waals surface area contributed by atoms with Crippen LogP contribution in [0.25, 0.3) is 0 Å². The Bertz CT molecular complexity index is 558. The van der Waals surface area contributed by atoms with Gasteiger partial charge in [0.25, 0.3) is 0 Å². The van der Waals surface area contributed by atoms with E-state index >= 15 is 0 Å². The maximum Gasteiger partial charge on any atom is 0.344 e. The third-order valence-electron chi connectivity index (χ3n) is 2.72. The Morgan fingerprint density at radius 2 is 1.82 bits per heavy atom. The van der Waals surface area contributed by atoms with Gasteiger partial charge in [-0.2, -0.15) is 0 Å². The van der Waals surface area contributed by atoms with Gasteiger partial charge in [0, 0.05) is 6.42 Å². The summed E-state index contributed by atoms with van der Waals surface area (Å²) in [5.74, 6) is -0.0953.